The minimum Gasteiger partial charge on any atom is -0.332 e. The van der Waals surface area contributed by atoms with Crippen LogP contribution in [0.3, 0.4) is 0 Å². The molecule has 0 saturated heterocycles. The van der Waals surface area contributed by atoms with Crippen LogP contribution in [0.5, 0.6) is 0 Å². The second kappa shape index (κ2) is 10.5. The smallest absolute Gasteiger partial charge is 0.332 e. The number of rotatable bonds is 5. The van der Waals surface area contributed by atoms with E-state index in [2.05, 4.69) is 16.0 Å². The number of anilines is 2. The Labute approximate surface area is 198 Å². The van der Waals surface area contributed by atoms with E-state index in [4.69, 9.17) is 23.8 Å². The van der Waals surface area contributed by atoms with Gasteiger partial charge in [-0.05, 0) is 72.4 Å². The molecule has 0 fully saturated rings. The van der Waals surface area contributed by atoms with Crippen molar-refractivity contribution in [3.63, 3.8) is 0 Å². The molecule has 170 valence electrons. The summed E-state index contributed by atoms with van der Waals surface area (Å²) in [6.07, 6.45) is -4.38. The number of halogens is 4. The Balaban J connectivity index is 1.54. The SMILES string of the molecule is O=C(Cc1ccc(Cl)cc1)NC(=S)Nc1ccc(C(=O)Nc2cccc(C(F)(F)F)c2)cc1. The van der Waals surface area contributed by atoms with Gasteiger partial charge in [0.05, 0.1) is 12.0 Å². The first-order valence-corrected chi connectivity index (χ1v) is 10.3. The molecule has 0 aliphatic heterocycles. The normalized spacial score (nSPS) is 10.9. The van der Waals surface area contributed by atoms with E-state index in [1.807, 2.05) is 0 Å². The van der Waals surface area contributed by atoms with Crippen LogP contribution in [0.1, 0.15) is 21.5 Å². The highest BCUT2D eigenvalue weighted by molar-refractivity contribution is 7.80. The lowest BCUT2D eigenvalue weighted by Crippen LogP contribution is -2.35. The fraction of sp³-hybridized carbons (Fsp3) is 0.0870. The lowest BCUT2D eigenvalue weighted by atomic mass is 10.1. The van der Waals surface area contributed by atoms with Crippen LogP contribution in [0, 0.1) is 0 Å². The molecule has 3 N–H and O–H groups in total. The zero-order valence-corrected chi connectivity index (χ0v) is 18.4. The number of alkyl halides is 3. The summed E-state index contributed by atoms with van der Waals surface area (Å²) in [5.41, 5.74) is 0.696. The molecule has 3 aromatic rings. The van der Waals surface area contributed by atoms with Gasteiger partial charge >= 0.3 is 6.18 Å². The van der Waals surface area contributed by atoms with Crippen LogP contribution >= 0.6 is 23.8 Å². The zero-order chi connectivity index (χ0) is 24.0. The maximum absolute atomic E-state index is 12.8. The number of hydrogen-bond acceptors (Lipinski definition) is 3. The van der Waals surface area contributed by atoms with Crippen molar-refractivity contribution < 1.29 is 22.8 Å². The summed E-state index contributed by atoms with van der Waals surface area (Å²) in [5.74, 6) is -0.883. The summed E-state index contributed by atoms with van der Waals surface area (Å²) in [7, 11) is 0. The number of benzene rings is 3. The fourth-order valence-corrected chi connectivity index (χ4v) is 3.16. The standard InChI is InChI=1S/C23H17ClF3N3O2S/c24-17-8-4-14(5-9-17)12-20(31)30-22(33)29-18-10-6-15(7-11-18)21(32)28-19-3-1-2-16(13-19)23(25,26)27/h1-11,13H,12H2,(H,28,32)(H2,29,30,31,33). The van der Waals surface area contributed by atoms with Gasteiger partial charge in [0.2, 0.25) is 5.91 Å². The van der Waals surface area contributed by atoms with Crippen molar-refractivity contribution in [3.8, 4) is 0 Å². The first kappa shape index (κ1) is 24.2. The first-order valence-electron chi connectivity index (χ1n) is 9.54. The van der Waals surface area contributed by atoms with Gasteiger partial charge in [-0.1, -0.05) is 29.8 Å². The Bertz CT molecular complexity index is 1170. The average molecular weight is 492 g/mol. The molecule has 0 radical (unpaired) electrons. The molecule has 5 nitrogen and oxygen atoms in total. The molecule has 0 heterocycles. The lowest BCUT2D eigenvalue weighted by Gasteiger charge is -2.11. The third kappa shape index (κ3) is 7.30. The van der Waals surface area contributed by atoms with Crippen LogP contribution in [0.4, 0.5) is 24.5 Å². The zero-order valence-electron chi connectivity index (χ0n) is 16.9. The van der Waals surface area contributed by atoms with Gasteiger partial charge in [-0.15, -0.1) is 0 Å². The Hall–Kier alpha value is -3.43. The summed E-state index contributed by atoms with van der Waals surface area (Å²) >= 11 is 10.9. The molecule has 0 aliphatic carbocycles. The van der Waals surface area contributed by atoms with Gasteiger partial charge in [-0.3, -0.25) is 9.59 Å². The van der Waals surface area contributed by atoms with Crippen molar-refractivity contribution in [1.29, 1.82) is 0 Å². The van der Waals surface area contributed by atoms with E-state index in [0.717, 1.165) is 17.7 Å². The van der Waals surface area contributed by atoms with E-state index in [0.29, 0.717) is 10.7 Å². The Morgan fingerprint density at radius 2 is 1.55 bits per heavy atom. The molecule has 2 amide bonds. The average Bonchev–Trinajstić information content (AvgIpc) is 2.75. The van der Waals surface area contributed by atoms with Gasteiger partial charge < -0.3 is 16.0 Å². The number of amides is 2. The maximum atomic E-state index is 12.8. The molecule has 3 rings (SSSR count). The molecule has 0 aromatic heterocycles. The molecule has 0 bridgehead atoms. The minimum absolute atomic E-state index is 0.0293. The number of thiocarbonyl (C=S) groups is 1. The van der Waals surface area contributed by atoms with Crippen molar-refractivity contribution in [2.45, 2.75) is 12.6 Å². The predicted octanol–water partition coefficient (Wildman–Crippen LogP) is 5.67. The Morgan fingerprint density at radius 1 is 0.879 bits per heavy atom. The summed E-state index contributed by atoms with van der Waals surface area (Å²) in [6, 6.07) is 17.3. The van der Waals surface area contributed by atoms with E-state index in [1.165, 1.54) is 24.3 Å². The van der Waals surface area contributed by atoms with Gasteiger partial charge in [0.1, 0.15) is 0 Å². The summed E-state index contributed by atoms with van der Waals surface area (Å²) in [4.78, 5) is 24.5. The molecule has 3 aromatic carbocycles. The molecule has 0 unspecified atom stereocenters. The van der Waals surface area contributed by atoms with E-state index in [9.17, 15) is 22.8 Å². The van der Waals surface area contributed by atoms with E-state index in [1.54, 1.807) is 36.4 Å². The molecule has 0 spiro atoms. The quantitative estimate of drug-likeness (QED) is 0.402. The van der Waals surface area contributed by atoms with Crippen LogP contribution in [0.2, 0.25) is 5.02 Å². The lowest BCUT2D eigenvalue weighted by molar-refractivity contribution is -0.137. The largest absolute Gasteiger partial charge is 0.416 e. The van der Waals surface area contributed by atoms with Gasteiger partial charge in [0.15, 0.2) is 5.11 Å². The first-order chi connectivity index (χ1) is 15.6. The van der Waals surface area contributed by atoms with Crippen LogP contribution in [0.15, 0.2) is 72.8 Å². The van der Waals surface area contributed by atoms with Crippen LogP contribution in [-0.4, -0.2) is 16.9 Å². The van der Waals surface area contributed by atoms with Crippen molar-refractivity contribution in [2.24, 2.45) is 0 Å². The Morgan fingerprint density at radius 3 is 2.18 bits per heavy atom. The second-order valence-electron chi connectivity index (χ2n) is 6.92. The van der Waals surface area contributed by atoms with Crippen LogP contribution < -0.4 is 16.0 Å². The van der Waals surface area contributed by atoms with Crippen LogP contribution in [-0.2, 0) is 17.4 Å². The predicted molar refractivity (Wildman–Crippen MR) is 125 cm³/mol. The second-order valence-corrected chi connectivity index (χ2v) is 7.76. The maximum Gasteiger partial charge on any atom is 0.416 e. The summed E-state index contributed by atoms with van der Waals surface area (Å²) in [5, 5.41) is 8.47. The number of carbonyl (C=O) groups is 2. The molecule has 0 aliphatic rings. The third-order valence-corrected chi connectivity index (χ3v) is 4.84. The van der Waals surface area contributed by atoms with E-state index < -0.39 is 17.6 Å². The highest BCUT2D eigenvalue weighted by atomic mass is 35.5. The molecule has 0 atom stereocenters. The number of carbonyl (C=O) groups excluding carboxylic acids is 2. The highest BCUT2D eigenvalue weighted by Gasteiger charge is 2.30. The highest BCUT2D eigenvalue weighted by Crippen LogP contribution is 2.30. The molecular formula is C23H17ClF3N3O2S. The van der Waals surface area contributed by atoms with Crippen molar-refractivity contribution in [1.82, 2.24) is 5.32 Å². The van der Waals surface area contributed by atoms with Crippen molar-refractivity contribution in [3.05, 3.63) is 94.5 Å². The van der Waals surface area contributed by atoms with Crippen molar-refractivity contribution >= 4 is 52.1 Å². The number of hydrogen-bond donors (Lipinski definition) is 3. The minimum atomic E-state index is -4.50. The van der Waals surface area contributed by atoms with Crippen molar-refractivity contribution in [2.75, 3.05) is 10.6 Å². The molecule has 0 saturated carbocycles. The Kier molecular flexibility index (Phi) is 7.67. The summed E-state index contributed by atoms with van der Waals surface area (Å²) < 4.78 is 38.5. The van der Waals surface area contributed by atoms with Gasteiger partial charge in [0.25, 0.3) is 5.91 Å². The van der Waals surface area contributed by atoms with E-state index >= 15 is 0 Å². The summed E-state index contributed by atoms with van der Waals surface area (Å²) in [6.45, 7) is 0. The topological polar surface area (TPSA) is 70.2 Å². The monoisotopic (exact) mass is 491 g/mol. The van der Waals surface area contributed by atoms with Gasteiger partial charge in [0, 0.05) is 22.0 Å². The molecular weight excluding hydrogens is 475 g/mol. The fourth-order valence-electron chi connectivity index (χ4n) is 2.80. The molecule has 10 heteroatoms. The van der Waals surface area contributed by atoms with Crippen LogP contribution in [0.25, 0.3) is 0 Å². The molecule has 33 heavy (non-hydrogen) atoms. The van der Waals surface area contributed by atoms with E-state index in [-0.39, 0.29) is 28.7 Å². The van der Waals surface area contributed by atoms with Gasteiger partial charge in [-0.25, -0.2) is 0 Å². The third-order valence-electron chi connectivity index (χ3n) is 4.38. The van der Waals surface area contributed by atoms with Gasteiger partial charge in [-0.2, -0.15) is 13.2 Å². The number of nitrogens with one attached hydrogen (secondary N) is 3.